The maximum atomic E-state index is 11.5. The van der Waals surface area contributed by atoms with Crippen molar-refractivity contribution in [3.63, 3.8) is 0 Å². The Morgan fingerprint density at radius 2 is 2.10 bits per heavy atom. The molecule has 1 aliphatic heterocycles. The fourth-order valence-corrected chi connectivity index (χ4v) is 2.13. The summed E-state index contributed by atoms with van der Waals surface area (Å²) >= 11 is 0. The van der Waals surface area contributed by atoms with Crippen LogP contribution >= 0.6 is 0 Å². The number of nitrogens with one attached hydrogen (secondary N) is 2. The van der Waals surface area contributed by atoms with E-state index in [4.69, 9.17) is 9.84 Å². The molecular formula is C14H26N2O4. The molecule has 0 saturated carbocycles. The van der Waals surface area contributed by atoms with Crippen LogP contribution in [0.5, 0.6) is 0 Å². The lowest BCUT2D eigenvalue weighted by atomic mass is 10.1. The van der Waals surface area contributed by atoms with Gasteiger partial charge in [-0.15, -0.1) is 0 Å². The predicted octanol–water partition coefficient (Wildman–Crippen LogP) is 0.762. The maximum absolute atomic E-state index is 11.5. The summed E-state index contributed by atoms with van der Waals surface area (Å²) in [7, 11) is 0. The Morgan fingerprint density at radius 3 is 2.75 bits per heavy atom. The third-order valence-electron chi connectivity index (χ3n) is 3.53. The van der Waals surface area contributed by atoms with Gasteiger partial charge in [-0.1, -0.05) is 6.92 Å². The summed E-state index contributed by atoms with van der Waals surface area (Å²) in [5.74, 6) is -1.16. The Balaban J connectivity index is 1.96. The highest BCUT2D eigenvalue weighted by molar-refractivity contribution is 5.75. The molecule has 1 rings (SSSR count). The number of rotatable bonds is 9. The molecule has 0 aromatic rings. The summed E-state index contributed by atoms with van der Waals surface area (Å²) in [6, 6.07) is 0. The van der Waals surface area contributed by atoms with Crippen LogP contribution in [0.1, 0.15) is 39.0 Å². The lowest BCUT2D eigenvalue weighted by Gasteiger charge is -2.22. The highest BCUT2D eigenvalue weighted by atomic mass is 16.5. The molecule has 6 nitrogen and oxygen atoms in total. The first-order valence-electron chi connectivity index (χ1n) is 7.41. The number of hydrogen-bond donors (Lipinski definition) is 3. The van der Waals surface area contributed by atoms with Gasteiger partial charge < -0.3 is 20.5 Å². The molecule has 20 heavy (non-hydrogen) atoms. The monoisotopic (exact) mass is 286 g/mol. The van der Waals surface area contributed by atoms with Gasteiger partial charge in [-0.25, -0.2) is 0 Å². The number of carbonyl (C=O) groups is 2. The average Bonchev–Trinajstić information content (AvgIpc) is 2.44. The Hall–Kier alpha value is -1.14. The first kappa shape index (κ1) is 16.9. The maximum Gasteiger partial charge on any atom is 0.306 e. The van der Waals surface area contributed by atoms with E-state index in [1.54, 1.807) is 6.92 Å². The number of aliphatic carboxylic acids is 1. The number of ether oxygens (including phenoxy) is 1. The fraction of sp³-hybridized carbons (Fsp3) is 0.857. The number of hydrogen-bond acceptors (Lipinski definition) is 4. The van der Waals surface area contributed by atoms with Crippen LogP contribution < -0.4 is 10.6 Å². The minimum atomic E-state index is -0.785. The van der Waals surface area contributed by atoms with Crippen molar-refractivity contribution in [2.24, 2.45) is 5.92 Å². The van der Waals surface area contributed by atoms with E-state index in [9.17, 15) is 9.59 Å². The van der Waals surface area contributed by atoms with E-state index in [1.165, 1.54) is 0 Å². The van der Waals surface area contributed by atoms with Gasteiger partial charge in [0, 0.05) is 13.0 Å². The highest BCUT2D eigenvalue weighted by Gasteiger charge is 2.13. The summed E-state index contributed by atoms with van der Waals surface area (Å²) in [6.45, 7) is 4.64. The van der Waals surface area contributed by atoms with Crippen LogP contribution in [0.4, 0.5) is 0 Å². The van der Waals surface area contributed by atoms with E-state index in [1.807, 2.05) is 0 Å². The molecule has 6 heteroatoms. The van der Waals surface area contributed by atoms with Crippen molar-refractivity contribution in [2.75, 3.05) is 26.2 Å². The molecule has 3 N–H and O–H groups in total. The van der Waals surface area contributed by atoms with Crippen LogP contribution in [0, 0.1) is 5.92 Å². The van der Waals surface area contributed by atoms with Gasteiger partial charge in [0.05, 0.1) is 18.6 Å². The van der Waals surface area contributed by atoms with Gasteiger partial charge in [0.15, 0.2) is 0 Å². The molecule has 0 aliphatic carbocycles. The standard InChI is InChI=1S/C14H26N2O4/c1-11(14(18)19)3-2-7-16-13(17)6-10-20-12-4-8-15-9-5-12/h11-12,15H,2-10H2,1H3,(H,16,17)(H,18,19). The van der Waals surface area contributed by atoms with Crippen LogP contribution in [0.15, 0.2) is 0 Å². The molecule has 0 aromatic heterocycles. The predicted molar refractivity (Wildman–Crippen MR) is 75.5 cm³/mol. The number of carbonyl (C=O) groups excluding carboxylic acids is 1. The first-order chi connectivity index (χ1) is 9.59. The molecule has 1 saturated heterocycles. The minimum absolute atomic E-state index is 0.0260. The molecule has 1 amide bonds. The van der Waals surface area contributed by atoms with Gasteiger partial charge in [-0.2, -0.15) is 0 Å². The summed E-state index contributed by atoms with van der Waals surface area (Å²) in [5, 5.41) is 14.8. The molecule has 1 heterocycles. The van der Waals surface area contributed by atoms with Crippen molar-refractivity contribution in [1.82, 2.24) is 10.6 Å². The SMILES string of the molecule is CC(CCCNC(=O)CCOC1CCNCC1)C(=O)O. The van der Waals surface area contributed by atoms with Crippen LogP contribution in [-0.4, -0.2) is 49.3 Å². The van der Waals surface area contributed by atoms with Crippen LogP contribution in [-0.2, 0) is 14.3 Å². The van der Waals surface area contributed by atoms with Gasteiger partial charge in [0.1, 0.15) is 0 Å². The summed E-state index contributed by atoms with van der Waals surface area (Å²) in [6.07, 6.45) is 3.94. The van der Waals surface area contributed by atoms with E-state index in [0.717, 1.165) is 25.9 Å². The molecule has 1 fully saturated rings. The zero-order valence-electron chi connectivity index (χ0n) is 12.2. The number of amides is 1. The minimum Gasteiger partial charge on any atom is -0.481 e. The van der Waals surface area contributed by atoms with Crippen molar-refractivity contribution < 1.29 is 19.4 Å². The van der Waals surface area contributed by atoms with E-state index in [-0.39, 0.29) is 17.9 Å². The van der Waals surface area contributed by atoms with E-state index in [0.29, 0.717) is 32.4 Å². The zero-order valence-corrected chi connectivity index (χ0v) is 12.2. The van der Waals surface area contributed by atoms with Gasteiger partial charge in [0.2, 0.25) is 5.91 Å². The molecule has 0 aromatic carbocycles. The van der Waals surface area contributed by atoms with E-state index in [2.05, 4.69) is 10.6 Å². The first-order valence-corrected chi connectivity index (χ1v) is 7.41. The second-order valence-corrected chi connectivity index (χ2v) is 5.30. The molecular weight excluding hydrogens is 260 g/mol. The molecule has 1 atom stereocenters. The Kier molecular flexibility index (Phi) is 8.22. The summed E-state index contributed by atoms with van der Waals surface area (Å²) in [5.41, 5.74) is 0. The second-order valence-electron chi connectivity index (χ2n) is 5.30. The summed E-state index contributed by atoms with van der Waals surface area (Å²) in [4.78, 5) is 22.2. The van der Waals surface area contributed by atoms with Crippen molar-refractivity contribution in [2.45, 2.75) is 45.1 Å². The average molecular weight is 286 g/mol. The van der Waals surface area contributed by atoms with Crippen LogP contribution in [0.25, 0.3) is 0 Å². The third-order valence-corrected chi connectivity index (χ3v) is 3.53. The molecule has 1 unspecified atom stereocenters. The molecule has 0 bridgehead atoms. The molecule has 0 radical (unpaired) electrons. The lowest BCUT2D eigenvalue weighted by molar-refractivity contribution is -0.141. The van der Waals surface area contributed by atoms with Crippen LogP contribution in [0.3, 0.4) is 0 Å². The van der Waals surface area contributed by atoms with Crippen LogP contribution in [0.2, 0.25) is 0 Å². The molecule has 1 aliphatic rings. The smallest absolute Gasteiger partial charge is 0.306 e. The van der Waals surface area contributed by atoms with Gasteiger partial charge >= 0.3 is 5.97 Å². The molecule has 116 valence electrons. The normalized spacial score (nSPS) is 17.6. The number of piperidine rings is 1. The third kappa shape index (κ3) is 7.45. The number of carboxylic acids is 1. The zero-order chi connectivity index (χ0) is 14.8. The van der Waals surface area contributed by atoms with Crippen molar-refractivity contribution >= 4 is 11.9 Å². The van der Waals surface area contributed by atoms with E-state index < -0.39 is 5.97 Å². The van der Waals surface area contributed by atoms with Crippen molar-refractivity contribution in [1.29, 1.82) is 0 Å². The van der Waals surface area contributed by atoms with Crippen molar-refractivity contribution in [3.05, 3.63) is 0 Å². The van der Waals surface area contributed by atoms with E-state index >= 15 is 0 Å². The lowest BCUT2D eigenvalue weighted by Crippen LogP contribution is -2.33. The fourth-order valence-electron chi connectivity index (χ4n) is 2.13. The largest absolute Gasteiger partial charge is 0.481 e. The number of carboxylic acid groups (broad SMARTS) is 1. The van der Waals surface area contributed by atoms with Gasteiger partial charge in [-0.3, -0.25) is 9.59 Å². The summed E-state index contributed by atoms with van der Waals surface area (Å²) < 4.78 is 5.65. The Labute approximate surface area is 120 Å². The quantitative estimate of drug-likeness (QED) is 0.545. The van der Waals surface area contributed by atoms with Gasteiger partial charge in [0.25, 0.3) is 0 Å². The highest BCUT2D eigenvalue weighted by Crippen LogP contribution is 2.07. The molecule has 0 spiro atoms. The van der Waals surface area contributed by atoms with Crippen molar-refractivity contribution in [3.8, 4) is 0 Å². The second kappa shape index (κ2) is 9.72. The topological polar surface area (TPSA) is 87.7 Å². The Bertz CT molecular complexity index is 304. The Morgan fingerprint density at radius 1 is 1.40 bits per heavy atom. The van der Waals surface area contributed by atoms with Gasteiger partial charge in [-0.05, 0) is 38.8 Å².